The van der Waals surface area contributed by atoms with Crippen molar-refractivity contribution in [1.82, 2.24) is 4.72 Å². The Hall–Kier alpha value is -3.16. The van der Waals surface area contributed by atoms with Crippen LogP contribution in [0.4, 0.5) is 5.69 Å². The van der Waals surface area contributed by atoms with E-state index < -0.39 is 10.0 Å². The molecule has 0 fully saturated rings. The second kappa shape index (κ2) is 9.32. The van der Waals surface area contributed by atoms with Crippen LogP contribution < -0.4 is 10.0 Å². The highest BCUT2D eigenvalue weighted by Crippen LogP contribution is 2.27. The van der Waals surface area contributed by atoms with Gasteiger partial charge >= 0.3 is 0 Å². The molecule has 1 aliphatic rings. The van der Waals surface area contributed by atoms with E-state index in [9.17, 15) is 13.2 Å². The molecule has 1 heterocycles. The van der Waals surface area contributed by atoms with Crippen molar-refractivity contribution in [3.05, 3.63) is 89.4 Å². The van der Waals surface area contributed by atoms with Crippen LogP contribution in [-0.4, -0.2) is 14.3 Å². The van der Waals surface area contributed by atoms with Crippen molar-refractivity contribution >= 4 is 27.7 Å². The smallest absolute Gasteiger partial charge is 0.248 e. The molecule has 31 heavy (non-hydrogen) atoms. The lowest BCUT2D eigenvalue weighted by Crippen LogP contribution is -2.22. The van der Waals surface area contributed by atoms with Gasteiger partial charge in [0.1, 0.15) is 5.76 Å². The number of hydrogen-bond donors (Lipinski definition) is 2. The van der Waals surface area contributed by atoms with Gasteiger partial charge in [-0.05, 0) is 78.8 Å². The molecule has 0 saturated carbocycles. The van der Waals surface area contributed by atoms with E-state index in [2.05, 4.69) is 16.1 Å². The first-order valence-electron chi connectivity index (χ1n) is 10.2. The summed E-state index contributed by atoms with van der Waals surface area (Å²) in [6.45, 7) is 0.0837. The molecule has 160 valence electrons. The van der Waals surface area contributed by atoms with Crippen molar-refractivity contribution in [2.45, 2.75) is 37.1 Å². The number of sulfonamides is 1. The molecule has 0 saturated heterocycles. The topological polar surface area (TPSA) is 88.4 Å². The fourth-order valence-corrected chi connectivity index (χ4v) is 4.66. The van der Waals surface area contributed by atoms with E-state index in [1.807, 2.05) is 12.1 Å². The van der Waals surface area contributed by atoms with Gasteiger partial charge in [-0.25, -0.2) is 13.1 Å². The number of hydrogen-bond acceptors (Lipinski definition) is 4. The standard InChI is InChI=1S/C24H24N2O4S/c27-24(26-23-9-3-6-19-5-1-2-8-22(19)23)15-12-18-10-13-21(14-11-18)31(28,29)25-17-20-7-4-16-30-20/h3-4,6-7,9-16,25H,1-2,5,8,17H2,(H,26,27)/b15-12+. The van der Waals surface area contributed by atoms with E-state index in [0.717, 1.165) is 30.5 Å². The van der Waals surface area contributed by atoms with Crippen LogP contribution >= 0.6 is 0 Å². The van der Waals surface area contributed by atoms with Gasteiger partial charge in [-0.1, -0.05) is 24.3 Å². The Bertz CT molecular complexity index is 1180. The zero-order chi connectivity index (χ0) is 21.7. The Labute approximate surface area is 182 Å². The van der Waals surface area contributed by atoms with Crippen LogP contribution in [0, 0.1) is 0 Å². The molecule has 0 radical (unpaired) electrons. The second-order valence-corrected chi connectivity index (χ2v) is 9.21. The van der Waals surface area contributed by atoms with E-state index in [1.54, 1.807) is 30.3 Å². The number of furan rings is 1. The molecular formula is C24H24N2O4S. The number of carbonyl (C=O) groups excluding carboxylic acids is 1. The van der Waals surface area contributed by atoms with E-state index in [1.165, 1.54) is 42.0 Å². The zero-order valence-corrected chi connectivity index (χ0v) is 17.8. The maximum atomic E-state index is 12.4. The minimum atomic E-state index is -3.65. The van der Waals surface area contributed by atoms with Gasteiger partial charge in [0.15, 0.2) is 0 Å². The van der Waals surface area contributed by atoms with Gasteiger partial charge in [0.2, 0.25) is 15.9 Å². The number of fused-ring (bicyclic) bond motifs is 1. The fourth-order valence-electron chi connectivity index (χ4n) is 3.67. The Balaban J connectivity index is 1.38. The van der Waals surface area contributed by atoms with Gasteiger partial charge in [0.05, 0.1) is 17.7 Å². The Morgan fingerprint density at radius 3 is 2.58 bits per heavy atom. The molecule has 1 aromatic heterocycles. The number of benzene rings is 2. The lowest BCUT2D eigenvalue weighted by molar-refractivity contribution is -0.111. The molecule has 2 aromatic carbocycles. The van der Waals surface area contributed by atoms with Crippen molar-refractivity contribution in [3.63, 3.8) is 0 Å². The van der Waals surface area contributed by atoms with E-state index in [4.69, 9.17) is 4.42 Å². The first-order chi connectivity index (χ1) is 15.0. The van der Waals surface area contributed by atoms with Gasteiger partial charge in [-0.15, -0.1) is 0 Å². The first kappa shape index (κ1) is 21.1. The normalized spacial score (nSPS) is 13.8. The van der Waals surface area contributed by atoms with Gasteiger partial charge in [-0.2, -0.15) is 0 Å². The van der Waals surface area contributed by atoms with E-state index >= 15 is 0 Å². The van der Waals surface area contributed by atoms with Gasteiger partial charge in [0.25, 0.3) is 0 Å². The molecule has 3 aromatic rings. The van der Waals surface area contributed by atoms with Crippen molar-refractivity contribution < 1.29 is 17.6 Å². The van der Waals surface area contributed by atoms with Crippen LogP contribution in [-0.2, 0) is 34.2 Å². The highest BCUT2D eigenvalue weighted by atomic mass is 32.2. The van der Waals surface area contributed by atoms with Crippen LogP contribution in [0.2, 0.25) is 0 Å². The summed E-state index contributed by atoms with van der Waals surface area (Å²) in [7, 11) is -3.65. The summed E-state index contributed by atoms with van der Waals surface area (Å²) >= 11 is 0. The fraction of sp³-hybridized carbons (Fsp3) is 0.208. The lowest BCUT2D eigenvalue weighted by Gasteiger charge is -2.19. The number of rotatable bonds is 7. The number of aryl methyl sites for hydroxylation is 1. The zero-order valence-electron chi connectivity index (χ0n) is 17.0. The second-order valence-electron chi connectivity index (χ2n) is 7.45. The summed E-state index contributed by atoms with van der Waals surface area (Å²) < 4.78 is 32.4. The van der Waals surface area contributed by atoms with Gasteiger partial charge in [-0.3, -0.25) is 4.79 Å². The van der Waals surface area contributed by atoms with Crippen LogP contribution in [0.3, 0.4) is 0 Å². The third-order valence-electron chi connectivity index (χ3n) is 5.29. The maximum Gasteiger partial charge on any atom is 0.248 e. The van der Waals surface area contributed by atoms with Crippen molar-refractivity contribution in [2.24, 2.45) is 0 Å². The molecule has 0 bridgehead atoms. The minimum Gasteiger partial charge on any atom is -0.468 e. The lowest BCUT2D eigenvalue weighted by atomic mass is 9.90. The molecule has 0 unspecified atom stereocenters. The number of anilines is 1. The summed E-state index contributed by atoms with van der Waals surface area (Å²) in [5.41, 5.74) is 4.14. The van der Waals surface area contributed by atoms with Crippen LogP contribution in [0.25, 0.3) is 6.08 Å². The predicted octanol–water partition coefficient (Wildman–Crippen LogP) is 4.29. The Morgan fingerprint density at radius 2 is 1.81 bits per heavy atom. The number of amides is 1. The average molecular weight is 437 g/mol. The molecule has 4 rings (SSSR count). The molecule has 0 atom stereocenters. The van der Waals surface area contributed by atoms with Crippen molar-refractivity contribution in [1.29, 1.82) is 0 Å². The molecule has 7 heteroatoms. The van der Waals surface area contributed by atoms with E-state index in [0.29, 0.717) is 5.76 Å². The quantitative estimate of drug-likeness (QED) is 0.541. The van der Waals surface area contributed by atoms with Gasteiger partial charge < -0.3 is 9.73 Å². The third-order valence-corrected chi connectivity index (χ3v) is 6.71. The SMILES string of the molecule is O=C(/C=C/c1ccc(S(=O)(=O)NCc2ccco2)cc1)Nc1cccc2c1CCCC2. The highest BCUT2D eigenvalue weighted by molar-refractivity contribution is 7.89. The number of carbonyl (C=O) groups is 1. The van der Waals surface area contributed by atoms with Crippen LogP contribution in [0.1, 0.15) is 35.3 Å². The number of nitrogens with one attached hydrogen (secondary N) is 2. The van der Waals surface area contributed by atoms with E-state index in [-0.39, 0.29) is 17.3 Å². The monoisotopic (exact) mass is 436 g/mol. The van der Waals surface area contributed by atoms with Crippen LogP contribution in [0.15, 0.2) is 76.2 Å². The molecule has 0 spiro atoms. The summed E-state index contributed by atoms with van der Waals surface area (Å²) in [4.78, 5) is 12.5. The molecular weight excluding hydrogens is 412 g/mol. The minimum absolute atomic E-state index is 0.0837. The highest BCUT2D eigenvalue weighted by Gasteiger charge is 2.15. The van der Waals surface area contributed by atoms with Crippen LogP contribution in [0.5, 0.6) is 0 Å². The summed E-state index contributed by atoms with van der Waals surface area (Å²) in [6, 6.07) is 15.8. The average Bonchev–Trinajstić information content (AvgIpc) is 3.31. The Kier molecular flexibility index (Phi) is 6.34. The van der Waals surface area contributed by atoms with Crippen molar-refractivity contribution in [2.75, 3.05) is 5.32 Å². The molecule has 1 aliphatic carbocycles. The maximum absolute atomic E-state index is 12.4. The molecule has 1 amide bonds. The summed E-state index contributed by atoms with van der Waals surface area (Å²) in [6.07, 6.45) is 8.99. The summed E-state index contributed by atoms with van der Waals surface area (Å²) in [5.74, 6) is 0.324. The largest absolute Gasteiger partial charge is 0.468 e. The molecule has 6 nitrogen and oxygen atoms in total. The first-order valence-corrected chi connectivity index (χ1v) is 11.7. The third kappa shape index (κ3) is 5.31. The summed E-state index contributed by atoms with van der Waals surface area (Å²) in [5, 5.41) is 2.97. The molecule has 2 N–H and O–H groups in total. The predicted molar refractivity (Wildman–Crippen MR) is 120 cm³/mol. The Morgan fingerprint density at radius 1 is 1.00 bits per heavy atom. The van der Waals surface area contributed by atoms with Crippen molar-refractivity contribution in [3.8, 4) is 0 Å². The van der Waals surface area contributed by atoms with Gasteiger partial charge in [0, 0.05) is 11.8 Å². The molecule has 0 aliphatic heterocycles.